The van der Waals surface area contributed by atoms with Gasteiger partial charge in [-0.3, -0.25) is 9.69 Å². The number of halogens is 6. The van der Waals surface area contributed by atoms with E-state index in [9.17, 15) is 31.1 Å². The van der Waals surface area contributed by atoms with E-state index in [0.717, 1.165) is 36.2 Å². The van der Waals surface area contributed by atoms with Gasteiger partial charge in [0.25, 0.3) is 0 Å². The van der Waals surface area contributed by atoms with Crippen molar-refractivity contribution in [1.82, 2.24) is 4.90 Å². The second kappa shape index (κ2) is 15.1. The van der Waals surface area contributed by atoms with Crippen molar-refractivity contribution < 1.29 is 35.9 Å². The van der Waals surface area contributed by atoms with Crippen molar-refractivity contribution >= 4 is 5.97 Å². The fourth-order valence-electron chi connectivity index (χ4n) is 5.13. The van der Waals surface area contributed by atoms with E-state index in [-0.39, 0.29) is 25.0 Å². The third-order valence-corrected chi connectivity index (χ3v) is 7.33. The highest BCUT2D eigenvalue weighted by Crippen LogP contribution is 2.35. The number of benzene rings is 3. The minimum atomic E-state index is -4.47. The van der Waals surface area contributed by atoms with Gasteiger partial charge in [0, 0.05) is 13.1 Å². The summed E-state index contributed by atoms with van der Waals surface area (Å²) in [6.45, 7) is 11.3. The Labute approximate surface area is 256 Å². The molecule has 44 heavy (non-hydrogen) atoms. The normalized spacial score (nSPS) is 13.1. The van der Waals surface area contributed by atoms with Crippen molar-refractivity contribution in [2.24, 2.45) is 11.8 Å². The molecule has 1 unspecified atom stereocenters. The predicted octanol–water partition coefficient (Wildman–Crippen LogP) is 10.1. The van der Waals surface area contributed by atoms with Gasteiger partial charge in [-0.15, -0.1) is 0 Å². The molecule has 3 aromatic rings. The van der Waals surface area contributed by atoms with Gasteiger partial charge in [0.05, 0.1) is 23.7 Å². The van der Waals surface area contributed by atoms with Crippen LogP contribution in [0.3, 0.4) is 0 Å². The molecular formula is C35H41F6NO2. The molecule has 0 spiro atoms. The molecule has 3 aromatic carbocycles. The molecule has 0 saturated heterocycles. The van der Waals surface area contributed by atoms with Gasteiger partial charge in [-0.05, 0) is 90.2 Å². The molecule has 0 saturated carbocycles. The maximum atomic E-state index is 13.4. The van der Waals surface area contributed by atoms with Crippen LogP contribution < -0.4 is 0 Å². The summed E-state index contributed by atoms with van der Waals surface area (Å²) in [6.07, 6.45) is -7.61. The van der Waals surface area contributed by atoms with Crippen LogP contribution >= 0.6 is 0 Å². The van der Waals surface area contributed by atoms with Crippen LogP contribution in [-0.4, -0.2) is 24.0 Å². The average molecular weight is 622 g/mol. The largest absolute Gasteiger partial charge is 0.466 e. The summed E-state index contributed by atoms with van der Waals surface area (Å²) >= 11 is 0. The first-order valence-electron chi connectivity index (χ1n) is 14.9. The van der Waals surface area contributed by atoms with Gasteiger partial charge >= 0.3 is 18.3 Å². The zero-order valence-electron chi connectivity index (χ0n) is 25.9. The Morgan fingerprint density at radius 2 is 1.39 bits per heavy atom. The molecule has 0 heterocycles. The summed E-state index contributed by atoms with van der Waals surface area (Å²) in [6, 6.07) is 15.8. The van der Waals surface area contributed by atoms with E-state index >= 15 is 0 Å². The molecule has 3 rings (SSSR count). The van der Waals surface area contributed by atoms with Gasteiger partial charge < -0.3 is 4.74 Å². The summed E-state index contributed by atoms with van der Waals surface area (Å²) in [5.74, 6) is -0.452. The number of carbonyl (C=O) groups is 1. The first-order chi connectivity index (χ1) is 20.6. The summed E-state index contributed by atoms with van der Waals surface area (Å²) < 4.78 is 85.4. The Morgan fingerprint density at radius 1 is 0.750 bits per heavy atom. The molecule has 0 aliphatic heterocycles. The van der Waals surface area contributed by atoms with Crippen molar-refractivity contribution in [3.8, 4) is 11.1 Å². The van der Waals surface area contributed by atoms with Crippen LogP contribution in [0.5, 0.6) is 0 Å². The van der Waals surface area contributed by atoms with Gasteiger partial charge in [0.15, 0.2) is 0 Å². The molecule has 9 heteroatoms. The zero-order chi connectivity index (χ0) is 32.7. The van der Waals surface area contributed by atoms with E-state index < -0.39 is 29.4 Å². The van der Waals surface area contributed by atoms with E-state index in [1.165, 1.54) is 18.2 Å². The maximum absolute atomic E-state index is 13.4. The van der Waals surface area contributed by atoms with Crippen molar-refractivity contribution in [3.05, 3.63) is 94.5 Å². The molecule has 3 nitrogen and oxygen atoms in total. The lowest BCUT2D eigenvalue weighted by Gasteiger charge is -2.26. The van der Waals surface area contributed by atoms with E-state index in [1.807, 2.05) is 32.0 Å². The van der Waals surface area contributed by atoms with Crippen LogP contribution in [0, 0.1) is 11.8 Å². The number of ether oxygens (including phenoxy) is 1. The first-order valence-corrected chi connectivity index (χ1v) is 14.9. The van der Waals surface area contributed by atoms with E-state index in [4.69, 9.17) is 4.74 Å². The Bertz CT molecular complexity index is 1360. The topological polar surface area (TPSA) is 29.5 Å². The lowest BCUT2D eigenvalue weighted by atomic mass is 9.87. The summed E-state index contributed by atoms with van der Waals surface area (Å²) in [4.78, 5) is 15.2. The number of rotatable bonds is 13. The summed E-state index contributed by atoms with van der Waals surface area (Å²) in [7, 11) is 0. The van der Waals surface area contributed by atoms with Crippen LogP contribution in [-0.2, 0) is 35.0 Å². The molecule has 240 valence electrons. The second-order valence-electron chi connectivity index (χ2n) is 12.1. The van der Waals surface area contributed by atoms with Gasteiger partial charge in [0.1, 0.15) is 0 Å². The minimum absolute atomic E-state index is 0.158. The number of alkyl halides is 6. The predicted molar refractivity (Wildman–Crippen MR) is 161 cm³/mol. The monoisotopic (exact) mass is 621 g/mol. The molecule has 0 radical (unpaired) electrons. The molecule has 0 fully saturated rings. The smallest absolute Gasteiger partial charge is 0.416 e. The van der Waals surface area contributed by atoms with Crippen molar-refractivity contribution in [3.63, 3.8) is 0 Å². The SMILES string of the molecule is CCOC(=O)C(CC(C)C)c1cc(CN(CCC(C)C)Cc2cccc(C(F)(F)F)c2)cc(-c2ccc(C(F)(F)F)cc2)c1. The standard InChI is InChI=1S/C35H41F6NO2/c1-6-44-33(43)32(16-24(4)5)29-18-26(17-28(20-29)27-10-12-30(13-11-27)34(36,37)38)22-42(15-14-23(2)3)21-25-8-7-9-31(19-25)35(39,40)41/h7-13,17-20,23-24,32H,6,14-16,21-22H2,1-5H3. The minimum Gasteiger partial charge on any atom is -0.466 e. The average Bonchev–Trinajstić information content (AvgIpc) is 2.94. The third kappa shape index (κ3) is 10.4. The Morgan fingerprint density at radius 3 is 1.95 bits per heavy atom. The summed E-state index contributed by atoms with van der Waals surface area (Å²) in [5.41, 5.74) is 1.73. The molecule has 1 atom stereocenters. The highest BCUT2D eigenvalue weighted by atomic mass is 19.4. The van der Waals surface area contributed by atoms with Crippen LogP contribution in [0.1, 0.15) is 81.2 Å². The number of esters is 1. The third-order valence-electron chi connectivity index (χ3n) is 7.33. The van der Waals surface area contributed by atoms with Crippen molar-refractivity contribution in [2.45, 2.75) is 78.8 Å². The number of hydrogen-bond donors (Lipinski definition) is 0. The quantitative estimate of drug-likeness (QED) is 0.141. The maximum Gasteiger partial charge on any atom is 0.416 e. The highest BCUT2D eigenvalue weighted by molar-refractivity contribution is 5.79. The van der Waals surface area contributed by atoms with Crippen molar-refractivity contribution in [2.75, 3.05) is 13.2 Å². The summed E-state index contributed by atoms with van der Waals surface area (Å²) in [5, 5.41) is 0. The van der Waals surface area contributed by atoms with E-state index in [1.54, 1.807) is 13.0 Å². The molecule has 0 N–H and O–H groups in total. The van der Waals surface area contributed by atoms with E-state index in [2.05, 4.69) is 18.7 Å². The fourth-order valence-corrected chi connectivity index (χ4v) is 5.13. The zero-order valence-corrected chi connectivity index (χ0v) is 25.9. The molecule has 0 aromatic heterocycles. The Balaban J connectivity index is 2.08. The lowest BCUT2D eigenvalue weighted by molar-refractivity contribution is -0.145. The van der Waals surface area contributed by atoms with Gasteiger partial charge in [-0.25, -0.2) is 0 Å². The van der Waals surface area contributed by atoms with Gasteiger partial charge in [0.2, 0.25) is 0 Å². The molecular weight excluding hydrogens is 580 g/mol. The number of nitrogens with zero attached hydrogens (tertiary/aromatic N) is 1. The van der Waals surface area contributed by atoms with E-state index in [0.29, 0.717) is 47.7 Å². The fraction of sp³-hybridized carbons (Fsp3) is 0.457. The van der Waals surface area contributed by atoms with Crippen molar-refractivity contribution in [1.29, 1.82) is 0 Å². The second-order valence-corrected chi connectivity index (χ2v) is 12.1. The molecule has 0 bridgehead atoms. The number of carbonyl (C=O) groups excluding carboxylic acids is 1. The van der Waals surface area contributed by atoms with Crippen LogP contribution in [0.15, 0.2) is 66.7 Å². The van der Waals surface area contributed by atoms with Crippen LogP contribution in [0.4, 0.5) is 26.3 Å². The van der Waals surface area contributed by atoms with Gasteiger partial charge in [-0.1, -0.05) is 70.2 Å². The van der Waals surface area contributed by atoms with Gasteiger partial charge in [-0.2, -0.15) is 26.3 Å². The molecule has 0 aliphatic rings. The molecule has 0 amide bonds. The lowest BCUT2D eigenvalue weighted by Crippen LogP contribution is -2.25. The highest BCUT2D eigenvalue weighted by Gasteiger charge is 2.31. The van der Waals surface area contributed by atoms with Crippen LogP contribution in [0.2, 0.25) is 0 Å². The first kappa shape index (κ1) is 35.2. The molecule has 0 aliphatic carbocycles. The number of hydrogen-bond acceptors (Lipinski definition) is 3. The van der Waals surface area contributed by atoms with Crippen LogP contribution in [0.25, 0.3) is 11.1 Å². The Hall–Kier alpha value is -3.33. The Kier molecular flexibility index (Phi) is 12.1.